The summed E-state index contributed by atoms with van der Waals surface area (Å²) in [5.74, 6) is -0.660. The third kappa shape index (κ3) is 6.01. The van der Waals surface area contributed by atoms with E-state index in [1.54, 1.807) is 0 Å². The minimum atomic E-state index is -0.442. The summed E-state index contributed by atoms with van der Waals surface area (Å²) in [5.41, 5.74) is 0. The monoisotopic (exact) mass is 226 g/mol. The maximum absolute atomic E-state index is 10.8. The molecule has 0 aromatic heterocycles. The van der Waals surface area contributed by atoms with Gasteiger partial charge in [-0.15, -0.1) is 0 Å². The molecule has 0 aliphatic carbocycles. The Bertz CT molecular complexity index is 242. The molecule has 0 amide bonds. The van der Waals surface area contributed by atoms with Crippen molar-refractivity contribution >= 4 is 11.9 Å². The molecule has 4 heteroatoms. The highest BCUT2D eigenvalue weighted by atomic mass is 16.5. The van der Waals surface area contributed by atoms with Crippen molar-refractivity contribution in [2.75, 3.05) is 13.2 Å². The van der Waals surface area contributed by atoms with Crippen LogP contribution in [-0.2, 0) is 19.1 Å². The third-order valence-electron chi connectivity index (χ3n) is 2.28. The van der Waals surface area contributed by atoms with E-state index in [2.05, 4.69) is 13.2 Å². The predicted molar refractivity (Wildman–Crippen MR) is 60.6 cm³/mol. The second-order valence-electron chi connectivity index (χ2n) is 3.62. The lowest BCUT2D eigenvalue weighted by Gasteiger charge is -2.18. The lowest BCUT2D eigenvalue weighted by molar-refractivity contribution is -0.143. The summed E-state index contributed by atoms with van der Waals surface area (Å²) < 4.78 is 9.78. The Morgan fingerprint density at radius 1 is 1.00 bits per heavy atom. The van der Waals surface area contributed by atoms with E-state index in [4.69, 9.17) is 9.47 Å². The van der Waals surface area contributed by atoms with Gasteiger partial charge < -0.3 is 9.47 Å². The first-order valence-electron chi connectivity index (χ1n) is 5.09. The molecule has 0 saturated carbocycles. The fraction of sp³-hybridized carbons (Fsp3) is 0.500. The first-order chi connectivity index (χ1) is 7.51. The molecule has 2 unspecified atom stereocenters. The number of carbonyl (C=O) groups excluding carboxylic acids is 2. The zero-order chi connectivity index (χ0) is 12.6. The van der Waals surface area contributed by atoms with Gasteiger partial charge in [0.05, 0.1) is 13.2 Å². The topological polar surface area (TPSA) is 52.6 Å². The molecular weight excluding hydrogens is 208 g/mol. The van der Waals surface area contributed by atoms with Crippen LogP contribution in [0.5, 0.6) is 0 Å². The van der Waals surface area contributed by atoms with Crippen molar-refractivity contribution < 1.29 is 19.1 Å². The van der Waals surface area contributed by atoms with Gasteiger partial charge in [0.1, 0.15) is 0 Å². The van der Waals surface area contributed by atoms with Crippen molar-refractivity contribution in [3.63, 3.8) is 0 Å². The zero-order valence-electron chi connectivity index (χ0n) is 9.77. The van der Waals surface area contributed by atoms with Crippen molar-refractivity contribution in [1.29, 1.82) is 0 Å². The van der Waals surface area contributed by atoms with Gasteiger partial charge in [-0.2, -0.15) is 0 Å². The van der Waals surface area contributed by atoms with Crippen molar-refractivity contribution in [1.82, 2.24) is 0 Å². The van der Waals surface area contributed by atoms with Gasteiger partial charge in [0.15, 0.2) is 0 Å². The van der Waals surface area contributed by atoms with Gasteiger partial charge in [-0.3, -0.25) is 0 Å². The standard InChI is InChI=1S/C12H18O4/c1-5-11(13)15-7-9(3)10(4)8-16-12(14)6-2/h5-6,9-10H,1-2,7-8H2,3-4H3. The van der Waals surface area contributed by atoms with E-state index in [-0.39, 0.29) is 25.0 Å². The van der Waals surface area contributed by atoms with Gasteiger partial charge in [-0.05, 0) is 11.8 Å². The molecule has 0 spiro atoms. The molecule has 0 aliphatic heterocycles. The first-order valence-corrected chi connectivity index (χ1v) is 5.09. The quantitative estimate of drug-likeness (QED) is 0.490. The molecule has 16 heavy (non-hydrogen) atoms. The van der Waals surface area contributed by atoms with Gasteiger partial charge >= 0.3 is 11.9 Å². The average molecular weight is 226 g/mol. The summed E-state index contributed by atoms with van der Waals surface area (Å²) in [4.78, 5) is 21.6. The summed E-state index contributed by atoms with van der Waals surface area (Å²) in [5, 5.41) is 0. The molecule has 0 fully saturated rings. The van der Waals surface area contributed by atoms with E-state index in [1.807, 2.05) is 13.8 Å². The van der Waals surface area contributed by atoms with E-state index >= 15 is 0 Å². The van der Waals surface area contributed by atoms with Gasteiger partial charge in [0, 0.05) is 12.2 Å². The number of rotatable bonds is 7. The van der Waals surface area contributed by atoms with E-state index in [1.165, 1.54) is 0 Å². The Morgan fingerprint density at radius 2 is 1.31 bits per heavy atom. The molecule has 0 aromatic rings. The lowest BCUT2D eigenvalue weighted by atomic mass is 9.98. The van der Waals surface area contributed by atoms with Gasteiger partial charge in [0.25, 0.3) is 0 Å². The van der Waals surface area contributed by atoms with Crippen LogP contribution in [0, 0.1) is 11.8 Å². The molecule has 0 rings (SSSR count). The molecule has 0 aliphatic rings. The second-order valence-corrected chi connectivity index (χ2v) is 3.62. The number of carbonyl (C=O) groups is 2. The van der Waals surface area contributed by atoms with Crippen LogP contribution >= 0.6 is 0 Å². The largest absolute Gasteiger partial charge is 0.462 e. The van der Waals surface area contributed by atoms with Crippen molar-refractivity contribution in [3.8, 4) is 0 Å². The molecule has 0 heterocycles. The number of hydrogen-bond acceptors (Lipinski definition) is 4. The van der Waals surface area contributed by atoms with Crippen LogP contribution in [0.4, 0.5) is 0 Å². The molecule has 0 bridgehead atoms. The normalized spacial score (nSPS) is 13.4. The SMILES string of the molecule is C=CC(=O)OCC(C)C(C)COC(=O)C=C. The highest BCUT2D eigenvalue weighted by Gasteiger charge is 2.15. The molecular formula is C12H18O4. The second kappa shape index (κ2) is 7.68. The minimum absolute atomic E-state index is 0.113. The van der Waals surface area contributed by atoms with Gasteiger partial charge in [0.2, 0.25) is 0 Å². The highest BCUT2D eigenvalue weighted by molar-refractivity contribution is 5.81. The maximum Gasteiger partial charge on any atom is 0.330 e. The summed E-state index contributed by atoms with van der Waals surface area (Å²) in [6.07, 6.45) is 2.24. The lowest BCUT2D eigenvalue weighted by Crippen LogP contribution is -2.21. The number of esters is 2. The van der Waals surface area contributed by atoms with Crippen LogP contribution in [0.2, 0.25) is 0 Å². The summed E-state index contributed by atoms with van der Waals surface area (Å²) in [7, 11) is 0. The first kappa shape index (κ1) is 14.4. The van der Waals surface area contributed by atoms with Crippen LogP contribution < -0.4 is 0 Å². The Morgan fingerprint density at radius 3 is 1.56 bits per heavy atom. The van der Waals surface area contributed by atoms with Gasteiger partial charge in [-0.1, -0.05) is 27.0 Å². The van der Waals surface area contributed by atoms with Crippen LogP contribution in [0.15, 0.2) is 25.3 Å². The fourth-order valence-corrected chi connectivity index (χ4v) is 0.874. The van der Waals surface area contributed by atoms with Crippen LogP contribution in [0.1, 0.15) is 13.8 Å². The summed E-state index contributed by atoms with van der Waals surface area (Å²) >= 11 is 0. The van der Waals surface area contributed by atoms with Crippen LogP contribution in [0.25, 0.3) is 0 Å². The Kier molecular flexibility index (Phi) is 6.92. The van der Waals surface area contributed by atoms with Crippen molar-refractivity contribution in [2.24, 2.45) is 11.8 Å². The summed E-state index contributed by atoms with van der Waals surface area (Å²) in [6, 6.07) is 0. The number of hydrogen-bond donors (Lipinski definition) is 0. The zero-order valence-corrected chi connectivity index (χ0v) is 9.77. The predicted octanol–water partition coefficient (Wildman–Crippen LogP) is 1.72. The van der Waals surface area contributed by atoms with Crippen LogP contribution in [0.3, 0.4) is 0 Å². The Labute approximate surface area is 95.9 Å². The maximum atomic E-state index is 10.8. The third-order valence-corrected chi connectivity index (χ3v) is 2.28. The Balaban J connectivity index is 3.84. The molecule has 0 N–H and O–H groups in total. The molecule has 2 atom stereocenters. The average Bonchev–Trinajstić information content (AvgIpc) is 2.31. The van der Waals surface area contributed by atoms with Crippen molar-refractivity contribution in [3.05, 3.63) is 25.3 Å². The van der Waals surface area contributed by atoms with E-state index in [0.29, 0.717) is 0 Å². The number of ether oxygens (including phenoxy) is 2. The van der Waals surface area contributed by atoms with Gasteiger partial charge in [-0.25, -0.2) is 9.59 Å². The van der Waals surface area contributed by atoms with E-state index < -0.39 is 11.9 Å². The molecule has 4 nitrogen and oxygen atoms in total. The van der Waals surface area contributed by atoms with E-state index in [0.717, 1.165) is 12.2 Å². The molecule has 0 saturated heterocycles. The Hall–Kier alpha value is -1.58. The van der Waals surface area contributed by atoms with E-state index in [9.17, 15) is 9.59 Å². The summed E-state index contributed by atoms with van der Waals surface area (Å²) in [6.45, 7) is 11.0. The molecule has 0 aromatic carbocycles. The van der Waals surface area contributed by atoms with Crippen molar-refractivity contribution in [2.45, 2.75) is 13.8 Å². The molecule has 90 valence electrons. The smallest absolute Gasteiger partial charge is 0.330 e. The molecule has 0 radical (unpaired) electrons. The fourth-order valence-electron chi connectivity index (χ4n) is 0.874. The van der Waals surface area contributed by atoms with Crippen LogP contribution in [-0.4, -0.2) is 25.2 Å². The minimum Gasteiger partial charge on any atom is -0.462 e. The highest BCUT2D eigenvalue weighted by Crippen LogP contribution is 2.12.